The molecule has 84 valence electrons. The number of hydrogen-bond acceptors (Lipinski definition) is 2. The largest absolute Gasteiger partial charge is 0.330 e. The summed E-state index contributed by atoms with van der Waals surface area (Å²) in [6.07, 6.45) is 0. The molecule has 4 heteroatoms. The smallest absolute Gasteiger partial charge is 0.159 e. The van der Waals surface area contributed by atoms with Crippen LogP contribution in [0.25, 0.3) is 0 Å². The molecular formula is C11H16F2N2. The van der Waals surface area contributed by atoms with E-state index in [0.717, 1.165) is 11.6 Å². The molecule has 4 N–H and O–H groups in total. The molecule has 0 fully saturated rings. The lowest BCUT2D eigenvalue weighted by Crippen LogP contribution is -2.28. The van der Waals surface area contributed by atoms with E-state index in [1.807, 2.05) is 6.92 Å². The Bertz CT molecular complexity index is 324. The van der Waals surface area contributed by atoms with E-state index in [0.29, 0.717) is 13.1 Å². The van der Waals surface area contributed by atoms with Gasteiger partial charge in [0.05, 0.1) is 0 Å². The van der Waals surface area contributed by atoms with Crippen LogP contribution in [0, 0.1) is 17.6 Å². The van der Waals surface area contributed by atoms with E-state index in [-0.39, 0.29) is 11.8 Å². The van der Waals surface area contributed by atoms with Crippen LogP contribution in [0.2, 0.25) is 0 Å². The molecule has 0 saturated carbocycles. The average Bonchev–Trinajstić information content (AvgIpc) is 2.23. The van der Waals surface area contributed by atoms with Crippen LogP contribution in [0.5, 0.6) is 0 Å². The summed E-state index contributed by atoms with van der Waals surface area (Å²) in [4.78, 5) is 0. The standard InChI is InChI=1S/C11H16F2N2/c1-7(9(5-14)6-15)8-2-3-10(12)11(13)4-8/h2-4,7,9H,5-6,14-15H2,1H3. The number of nitrogens with two attached hydrogens (primary N) is 2. The van der Waals surface area contributed by atoms with Crippen molar-refractivity contribution in [3.8, 4) is 0 Å². The van der Waals surface area contributed by atoms with Crippen LogP contribution in [0.1, 0.15) is 18.4 Å². The molecule has 1 atom stereocenters. The zero-order chi connectivity index (χ0) is 11.4. The van der Waals surface area contributed by atoms with Gasteiger partial charge in [-0.2, -0.15) is 0 Å². The van der Waals surface area contributed by atoms with Gasteiger partial charge in [0.1, 0.15) is 0 Å². The fourth-order valence-corrected chi connectivity index (χ4v) is 1.57. The minimum absolute atomic E-state index is 0.0371. The Morgan fingerprint density at radius 3 is 2.20 bits per heavy atom. The molecule has 0 bridgehead atoms. The first-order chi connectivity index (χ1) is 7.10. The van der Waals surface area contributed by atoms with Crippen LogP contribution in [0.3, 0.4) is 0 Å². The fraction of sp³-hybridized carbons (Fsp3) is 0.455. The highest BCUT2D eigenvalue weighted by molar-refractivity contribution is 5.22. The van der Waals surface area contributed by atoms with Crippen LogP contribution in [-0.4, -0.2) is 13.1 Å². The first-order valence-corrected chi connectivity index (χ1v) is 4.95. The molecule has 0 saturated heterocycles. The zero-order valence-electron chi connectivity index (χ0n) is 8.71. The van der Waals surface area contributed by atoms with Crippen molar-refractivity contribution in [1.82, 2.24) is 0 Å². The summed E-state index contributed by atoms with van der Waals surface area (Å²) >= 11 is 0. The summed E-state index contributed by atoms with van der Waals surface area (Å²) in [6.45, 7) is 2.80. The molecular weight excluding hydrogens is 198 g/mol. The van der Waals surface area contributed by atoms with E-state index >= 15 is 0 Å². The Morgan fingerprint density at radius 1 is 1.13 bits per heavy atom. The van der Waals surface area contributed by atoms with Gasteiger partial charge in [-0.15, -0.1) is 0 Å². The maximum atomic E-state index is 13.0. The molecule has 1 rings (SSSR count). The predicted octanol–water partition coefficient (Wildman–Crippen LogP) is 1.60. The number of benzene rings is 1. The molecule has 1 unspecified atom stereocenters. The van der Waals surface area contributed by atoms with E-state index in [1.165, 1.54) is 6.07 Å². The van der Waals surface area contributed by atoms with Crippen LogP contribution in [0.15, 0.2) is 18.2 Å². The third-order valence-electron chi connectivity index (χ3n) is 2.78. The highest BCUT2D eigenvalue weighted by atomic mass is 19.2. The van der Waals surface area contributed by atoms with Gasteiger partial charge in [0.15, 0.2) is 11.6 Å². The molecule has 0 aromatic heterocycles. The Kier molecular flexibility index (Phi) is 4.17. The highest BCUT2D eigenvalue weighted by Gasteiger charge is 2.17. The molecule has 0 spiro atoms. The monoisotopic (exact) mass is 214 g/mol. The van der Waals surface area contributed by atoms with Crippen LogP contribution in [-0.2, 0) is 0 Å². The summed E-state index contributed by atoms with van der Waals surface area (Å²) in [7, 11) is 0. The van der Waals surface area contributed by atoms with Gasteiger partial charge in [-0.25, -0.2) is 8.78 Å². The highest BCUT2D eigenvalue weighted by Crippen LogP contribution is 2.24. The molecule has 2 nitrogen and oxygen atoms in total. The van der Waals surface area contributed by atoms with Crippen molar-refractivity contribution in [3.05, 3.63) is 35.4 Å². The zero-order valence-corrected chi connectivity index (χ0v) is 8.71. The summed E-state index contributed by atoms with van der Waals surface area (Å²) in [5, 5.41) is 0. The molecule has 1 aromatic rings. The Morgan fingerprint density at radius 2 is 1.73 bits per heavy atom. The third-order valence-corrected chi connectivity index (χ3v) is 2.78. The van der Waals surface area contributed by atoms with E-state index in [4.69, 9.17) is 11.5 Å². The van der Waals surface area contributed by atoms with Gasteiger partial charge >= 0.3 is 0 Å². The van der Waals surface area contributed by atoms with Crippen molar-refractivity contribution < 1.29 is 8.78 Å². The summed E-state index contributed by atoms with van der Waals surface area (Å²) in [6, 6.07) is 3.91. The lowest BCUT2D eigenvalue weighted by molar-refractivity contribution is 0.459. The molecule has 0 aliphatic rings. The van der Waals surface area contributed by atoms with Crippen molar-refractivity contribution in [2.24, 2.45) is 17.4 Å². The molecule has 0 radical (unpaired) electrons. The van der Waals surface area contributed by atoms with E-state index in [1.54, 1.807) is 6.07 Å². The molecule has 0 amide bonds. The second kappa shape index (κ2) is 5.19. The first-order valence-electron chi connectivity index (χ1n) is 4.95. The van der Waals surface area contributed by atoms with E-state index in [2.05, 4.69) is 0 Å². The molecule has 0 aliphatic heterocycles. The second-order valence-electron chi connectivity index (χ2n) is 3.69. The average molecular weight is 214 g/mol. The summed E-state index contributed by atoms with van der Waals surface area (Å²) in [5.41, 5.74) is 11.8. The third kappa shape index (κ3) is 2.73. The van der Waals surface area contributed by atoms with Gasteiger partial charge in [-0.1, -0.05) is 13.0 Å². The van der Waals surface area contributed by atoms with Crippen LogP contribution >= 0.6 is 0 Å². The SMILES string of the molecule is CC(c1ccc(F)c(F)c1)C(CN)CN. The predicted molar refractivity (Wildman–Crippen MR) is 56.4 cm³/mol. The van der Waals surface area contributed by atoms with E-state index in [9.17, 15) is 8.78 Å². The Balaban J connectivity index is 2.90. The van der Waals surface area contributed by atoms with Crippen LogP contribution < -0.4 is 11.5 Å². The topological polar surface area (TPSA) is 52.0 Å². The molecule has 15 heavy (non-hydrogen) atoms. The van der Waals surface area contributed by atoms with Gasteiger partial charge < -0.3 is 11.5 Å². The van der Waals surface area contributed by atoms with Crippen molar-refractivity contribution in [2.75, 3.05) is 13.1 Å². The van der Waals surface area contributed by atoms with Crippen molar-refractivity contribution >= 4 is 0 Å². The number of halogens is 2. The Labute approximate surface area is 88.3 Å². The lowest BCUT2D eigenvalue weighted by atomic mass is 9.87. The summed E-state index contributed by atoms with van der Waals surface area (Å²) < 4.78 is 25.7. The molecule has 0 aliphatic carbocycles. The maximum absolute atomic E-state index is 13.0. The van der Waals surface area contributed by atoms with Gasteiger partial charge in [-0.05, 0) is 42.6 Å². The molecule has 1 aromatic carbocycles. The minimum Gasteiger partial charge on any atom is -0.330 e. The maximum Gasteiger partial charge on any atom is 0.159 e. The summed E-state index contributed by atoms with van der Waals surface area (Å²) in [5.74, 6) is -1.53. The number of rotatable bonds is 4. The van der Waals surface area contributed by atoms with Gasteiger partial charge in [0.2, 0.25) is 0 Å². The van der Waals surface area contributed by atoms with Crippen molar-refractivity contribution in [3.63, 3.8) is 0 Å². The minimum atomic E-state index is -0.831. The van der Waals surface area contributed by atoms with E-state index < -0.39 is 11.6 Å². The normalized spacial score (nSPS) is 13.2. The Hall–Kier alpha value is -1.00. The first kappa shape index (κ1) is 12.1. The van der Waals surface area contributed by atoms with Crippen molar-refractivity contribution in [1.29, 1.82) is 0 Å². The van der Waals surface area contributed by atoms with Crippen LogP contribution in [0.4, 0.5) is 8.78 Å². The van der Waals surface area contributed by atoms with Gasteiger partial charge in [0, 0.05) is 0 Å². The van der Waals surface area contributed by atoms with Crippen molar-refractivity contribution in [2.45, 2.75) is 12.8 Å². The quantitative estimate of drug-likeness (QED) is 0.800. The van der Waals surface area contributed by atoms with Gasteiger partial charge in [0.25, 0.3) is 0 Å². The second-order valence-corrected chi connectivity index (χ2v) is 3.69. The lowest BCUT2D eigenvalue weighted by Gasteiger charge is -2.21. The van der Waals surface area contributed by atoms with Gasteiger partial charge in [-0.3, -0.25) is 0 Å². The fourth-order valence-electron chi connectivity index (χ4n) is 1.57. The molecule has 0 heterocycles. The number of hydrogen-bond donors (Lipinski definition) is 2.